The van der Waals surface area contributed by atoms with Gasteiger partial charge in [-0.15, -0.1) is 11.8 Å². The van der Waals surface area contributed by atoms with Crippen LogP contribution in [0.15, 0.2) is 0 Å². The third-order valence-electron chi connectivity index (χ3n) is 3.73. The Hall–Kier alpha value is -0.260. The second-order valence-electron chi connectivity index (χ2n) is 6.12. The zero-order valence-corrected chi connectivity index (χ0v) is 15.4. The standard InChI is InChI=1S/C16H27N3S2/c1-10(2)8-17-9-14-11(3)18-16(19-12(14)4)15-13(5)20-6-7-21-15/h10,13,15,17H,6-9H2,1-5H3. The Morgan fingerprint density at radius 3 is 2.33 bits per heavy atom. The van der Waals surface area contributed by atoms with Gasteiger partial charge in [0.2, 0.25) is 0 Å². The third-order valence-corrected chi connectivity index (χ3v) is 6.82. The largest absolute Gasteiger partial charge is 0.312 e. The van der Waals surface area contributed by atoms with Crippen molar-refractivity contribution in [2.45, 2.75) is 51.7 Å². The van der Waals surface area contributed by atoms with Crippen LogP contribution in [0.2, 0.25) is 0 Å². The van der Waals surface area contributed by atoms with Gasteiger partial charge in [-0.1, -0.05) is 20.8 Å². The molecule has 1 saturated heterocycles. The maximum atomic E-state index is 4.82. The van der Waals surface area contributed by atoms with E-state index < -0.39 is 0 Å². The number of nitrogens with zero attached hydrogens (tertiary/aromatic N) is 2. The second kappa shape index (κ2) is 7.84. The zero-order chi connectivity index (χ0) is 15.4. The first-order valence-corrected chi connectivity index (χ1v) is 9.86. The molecule has 2 rings (SSSR count). The van der Waals surface area contributed by atoms with Crippen LogP contribution in [-0.2, 0) is 6.54 Å². The fourth-order valence-corrected chi connectivity index (χ4v) is 5.24. The van der Waals surface area contributed by atoms with E-state index in [-0.39, 0.29) is 0 Å². The molecule has 1 aromatic heterocycles. The predicted octanol–water partition coefficient (Wildman–Crippen LogP) is 3.75. The summed E-state index contributed by atoms with van der Waals surface area (Å²) in [6, 6.07) is 0. The van der Waals surface area contributed by atoms with Gasteiger partial charge < -0.3 is 5.32 Å². The van der Waals surface area contributed by atoms with Crippen LogP contribution in [0.4, 0.5) is 0 Å². The lowest BCUT2D eigenvalue weighted by Gasteiger charge is -2.27. The van der Waals surface area contributed by atoms with Crippen LogP contribution in [0.5, 0.6) is 0 Å². The molecule has 0 aromatic carbocycles. The average molecular weight is 326 g/mol. The van der Waals surface area contributed by atoms with Crippen molar-refractivity contribution in [3.05, 3.63) is 22.8 Å². The minimum Gasteiger partial charge on any atom is -0.312 e. The van der Waals surface area contributed by atoms with Gasteiger partial charge in [-0.25, -0.2) is 9.97 Å². The smallest absolute Gasteiger partial charge is 0.142 e. The monoisotopic (exact) mass is 325 g/mol. The molecule has 1 aliphatic rings. The maximum absolute atomic E-state index is 4.82. The van der Waals surface area contributed by atoms with Gasteiger partial charge in [0.15, 0.2) is 0 Å². The molecule has 0 amide bonds. The summed E-state index contributed by atoms with van der Waals surface area (Å²) in [4.78, 5) is 9.64. The van der Waals surface area contributed by atoms with Gasteiger partial charge in [-0.2, -0.15) is 11.8 Å². The molecular weight excluding hydrogens is 298 g/mol. The van der Waals surface area contributed by atoms with Crippen molar-refractivity contribution in [2.75, 3.05) is 18.1 Å². The SMILES string of the molecule is Cc1nc(C2SCCSC2C)nc(C)c1CNCC(C)C. The van der Waals surface area contributed by atoms with Gasteiger partial charge in [-0.05, 0) is 26.3 Å². The molecule has 118 valence electrons. The second-order valence-corrected chi connectivity index (χ2v) is 8.86. The highest BCUT2D eigenvalue weighted by Gasteiger charge is 2.27. The molecule has 21 heavy (non-hydrogen) atoms. The van der Waals surface area contributed by atoms with Crippen molar-refractivity contribution in [1.82, 2.24) is 15.3 Å². The molecule has 1 aromatic rings. The van der Waals surface area contributed by atoms with E-state index in [0.717, 1.165) is 30.3 Å². The van der Waals surface area contributed by atoms with E-state index in [9.17, 15) is 0 Å². The van der Waals surface area contributed by atoms with E-state index >= 15 is 0 Å². The van der Waals surface area contributed by atoms with Crippen LogP contribution in [0, 0.1) is 19.8 Å². The first kappa shape index (κ1) is 17.1. The highest BCUT2D eigenvalue weighted by molar-refractivity contribution is 8.06. The summed E-state index contributed by atoms with van der Waals surface area (Å²) < 4.78 is 0. The molecule has 0 spiro atoms. The van der Waals surface area contributed by atoms with E-state index in [1.807, 2.05) is 23.5 Å². The minimum absolute atomic E-state index is 0.443. The molecule has 0 saturated carbocycles. The summed E-state index contributed by atoms with van der Waals surface area (Å²) in [6.45, 7) is 12.9. The van der Waals surface area contributed by atoms with Crippen molar-refractivity contribution in [1.29, 1.82) is 0 Å². The topological polar surface area (TPSA) is 37.8 Å². The molecule has 1 fully saturated rings. The normalized spacial score (nSPS) is 22.8. The Morgan fingerprint density at radius 2 is 1.76 bits per heavy atom. The van der Waals surface area contributed by atoms with Crippen molar-refractivity contribution in [3.63, 3.8) is 0 Å². The van der Waals surface area contributed by atoms with E-state index in [1.54, 1.807) is 0 Å². The number of thioether (sulfide) groups is 2. The molecule has 1 aliphatic heterocycles. The molecule has 5 heteroatoms. The first-order chi connectivity index (χ1) is 9.99. The zero-order valence-electron chi connectivity index (χ0n) is 13.8. The lowest BCUT2D eigenvalue weighted by molar-refractivity contribution is 0.548. The van der Waals surface area contributed by atoms with E-state index in [4.69, 9.17) is 9.97 Å². The highest BCUT2D eigenvalue weighted by atomic mass is 32.2. The van der Waals surface area contributed by atoms with Crippen LogP contribution in [-0.4, -0.2) is 33.3 Å². The van der Waals surface area contributed by atoms with Gasteiger partial charge in [0, 0.05) is 40.3 Å². The van der Waals surface area contributed by atoms with Gasteiger partial charge in [0.1, 0.15) is 5.82 Å². The number of rotatable bonds is 5. The summed E-state index contributed by atoms with van der Waals surface area (Å²) in [5, 5.41) is 4.55. The summed E-state index contributed by atoms with van der Waals surface area (Å²) in [7, 11) is 0. The molecule has 0 radical (unpaired) electrons. The van der Waals surface area contributed by atoms with Crippen LogP contribution >= 0.6 is 23.5 Å². The first-order valence-electron chi connectivity index (χ1n) is 7.77. The summed E-state index contributed by atoms with van der Waals surface area (Å²) in [5.41, 5.74) is 3.54. The Morgan fingerprint density at radius 1 is 1.14 bits per heavy atom. The number of hydrogen-bond donors (Lipinski definition) is 1. The van der Waals surface area contributed by atoms with E-state index in [0.29, 0.717) is 16.4 Å². The third kappa shape index (κ3) is 4.60. The Bertz CT molecular complexity index is 454. The Kier molecular flexibility index (Phi) is 6.38. The fourth-order valence-electron chi connectivity index (χ4n) is 2.55. The highest BCUT2D eigenvalue weighted by Crippen LogP contribution is 2.41. The molecule has 0 bridgehead atoms. The van der Waals surface area contributed by atoms with Gasteiger partial charge in [-0.3, -0.25) is 0 Å². The van der Waals surface area contributed by atoms with Gasteiger partial charge in [0.05, 0.1) is 5.25 Å². The van der Waals surface area contributed by atoms with Crippen molar-refractivity contribution in [2.24, 2.45) is 5.92 Å². The average Bonchev–Trinajstić information content (AvgIpc) is 2.42. The number of nitrogens with one attached hydrogen (secondary N) is 1. The number of aryl methyl sites for hydroxylation is 2. The quantitative estimate of drug-likeness (QED) is 0.892. The minimum atomic E-state index is 0.443. The fraction of sp³-hybridized carbons (Fsp3) is 0.750. The van der Waals surface area contributed by atoms with Crippen molar-refractivity contribution in [3.8, 4) is 0 Å². The molecule has 0 aliphatic carbocycles. The summed E-state index contributed by atoms with van der Waals surface area (Å²) >= 11 is 4.05. The predicted molar refractivity (Wildman–Crippen MR) is 95.2 cm³/mol. The lowest BCUT2D eigenvalue weighted by Crippen LogP contribution is -2.23. The van der Waals surface area contributed by atoms with Crippen molar-refractivity contribution >= 4 is 23.5 Å². The van der Waals surface area contributed by atoms with E-state index in [1.165, 1.54) is 17.1 Å². The summed E-state index contributed by atoms with van der Waals surface area (Å²) in [6.07, 6.45) is 0. The number of hydrogen-bond acceptors (Lipinski definition) is 5. The maximum Gasteiger partial charge on any atom is 0.142 e. The van der Waals surface area contributed by atoms with Crippen LogP contribution in [0.3, 0.4) is 0 Å². The van der Waals surface area contributed by atoms with Crippen LogP contribution in [0.25, 0.3) is 0 Å². The molecule has 3 nitrogen and oxygen atoms in total. The van der Waals surface area contributed by atoms with Crippen molar-refractivity contribution < 1.29 is 0 Å². The Labute approximate surface area is 137 Å². The van der Waals surface area contributed by atoms with Crippen LogP contribution < -0.4 is 5.32 Å². The molecule has 2 atom stereocenters. The Balaban J connectivity index is 2.12. The summed E-state index contributed by atoms with van der Waals surface area (Å²) in [5.74, 6) is 4.15. The molecule has 2 unspecified atom stereocenters. The van der Waals surface area contributed by atoms with Gasteiger partial charge >= 0.3 is 0 Å². The molecule has 1 N–H and O–H groups in total. The molecular formula is C16H27N3S2. The van der Waals surface area contributed by atoms with Gasteiger partial charge in [0.25, 0.3) is 0 Å². The lowest BCUT2D eigenvalue weighted by atomic mass is 10.1. The number of aromatic nitrogens is 2. The van der Waals surface area contributed by atoms with Crippen LogP contribution in [0.1, 0.15) is 48.8 Å². The van der Waals surface area contributed by atoms with E-state index in [2.05, 4.69) is 39.9 Å². The molecule has 2 heterocycles.